The number of alkyl halides is 3. The first-order valence-corrected chi connectivity index (χ1v) is 9.55. The lowest BCUT2D eigenvalue weighted by Crippen LogP contribution is -2.11. The van der Waals surface area contributed by atoms with E-state index in [-0.39, 0.29) is 18.3 Å². The number of aromatic nitrogens is 3. The average molecular weight is 445 g/mol. The maximum atomic E-state index is 13.3. The molecule has 1 unspecified atom stereocenters. The Morgan fingerprint density at radius 3 is 2.66 bits per heavy atom. The van der Waals surface area contributed by atoms with Gasteiger partial charge in [0.2, 0.25) is 6.79 Å². The summed E-state index contributed by atoms with van der Waals surface area (Å²) in [6, 6.07) is 0.937. The second-order valence-electron chi connectivity index (χ2n) is 6.90. The van der Waals surface area contributed by atoms with Gasteiger partial charge in [-0.1, -0.05) is 26.2 Å². The quantitative estimate of drug-likeness (QED) is 0.638. The van der Waals surface area contributed by atoms with E-state index in [1.165, 1.54) is 16.9 Å². The number of aryl methyl sites for hydroxylation is 1. The molecule has 2 aromatic heterocycles. The van der Waals surface area contributed by atoms with Gasteiger partial charge in [0, 0.05) is 23.9 Å². The fourth-order valence-electron chi connectivity index (χ4n) is 3.07. The SMILES string of the molecule is C=C/C=C1/OCO/C1=C/C(C)/C=N/n1c(C=C)nc(C)c1-c1cnc(N)c(C(F)(F)F)c1. The van der Waals surface area contributed by atoms with Crippen LogP contribution in [0.1, 0.15) is 24.0 Å². The fourth-order valence-corrected chi connectivity index (χ4v) is 3.07. The standard InChI is InChI=1S/C22H22F3N5O2/c1-5-7-17-18(32-12-31-17)8-13(3)10-28-30-19(6-2)29-14(4)20(30)15-9-16(22(23,24)25)21(26)27-11-15/h5-11,13H,1-2,12H2,3-4H3,(H2,26,27)/b17-7+,18-8+,28-10+. The van der Waals surface area contributed by atoms with Crippen LogP contribution in [-0.4, -0.2) is 27.7 Å². The molecular weight excluding hydrogens is 423 g/mol. The average Bonchev–Trinajstić information content (AvgIpc) is 3.29. The number of allylic oxidation sites excluding steroid dienone is 3. The molecule has 1 atom stereocenters. The van der Waals surface area contributed by atoms with Crippen LogP contribution in [0.2, 0.25) is 0 Å². The van der Waals surface area contributed by atoms with Crippen molar-refractivity contribution in [1.82, 2.24) is 14.6 Å². The molecular formula is C22H22F3N5O2. The van der Waals surface area contributed by atoms with Gasteiger partial charge < -0.3 is 15.2 Å². The van der Waals surface area contributed by atoms with E-state index in [0.717, 1.165) is 6.07 Å². The van der Waals surface area contributed by atoms with Crippen LogP contribution in [0, 0.1) is 12.8 Å². The highest BCUT2D eigenvalue weighted by Crippen LogP contribution is 2.36. The van der Waals surface area contributed by atoms with Gasteiger partial charge in [-0.25, -0.2) is 14.6 Å². The van der Waals surface area contributed by atoms with Crippen molar-refractivity contribution >= 4 is 18.1 Å². The molecule has 0 saturated carbocycles. The smallest absolute Gasteiger partial charge is 0.419 e. The number of hydrogen-bond donors (Lipinski definition) is 1. The van der Waals surface area contributed by atoms with Crippen LogP contribution < -0.4 is 5.73 Å². The Kier molecular flexibility index (Phi) is 6.52. The lowest BCUT2D eigenvalue weighted by atomic mass is 10.1. The number of imidazole rings is 1. The molecule has 1 aliphatic rings. The van der Waals surface area contributed by atoms with Crippen LogP contribution in [0.4, 0.5) is 19.0 Å². The lowest BCUT2D eigenvalue weighted by Gasteiger charge is -2.12. The van der Waals surface area contributed by atoms with E-state index in [1.807, 2.05) is 6.92 Å². The van der Waals surface area contributed by atoms with Crippen molar-refractivity contribution in [3.8, 4) is 11.3 Å². The Bertz CT molecular complexity index is 1130. The molecule has 0 aliphatic carbocycles. The molecule has 0 amide bonds. The molecule has 0 radical (unpaired) electrons. The van der Waals surface area contributed by atoms with Crippen LogP contribution >= 0.6 is 0 Å². The summed E-state index contributed by atoms with van der Waals surface area (Å²) in [5, 5.41) is 4.44. The largest absolute Gasteiger partial charge is 0.454 e. The molecule has 2 N–H and O–H groups in total. The third kappa shape index (κ3) is 4.74. The summed E-state index contributed by atoms with van der Waals surface area (Å²) < 4.78 is 52.2. The number of rotatable bonds is 6. The monoisotopic (exact) mass is 445 g/mol. The van der Waals surface area contributed by atoms with E-state index in [4.69, 9.17) is 15.2 Å². The van der Waals surface area contributed by atoms with E-state index < -0.39 is 17.6 Å². The molecule has 1 fully saturated rings. The van der Waals surface area contributed by atoms with Crippen molar-refractivity contribution in [1.29, 1.82) is 0 Å². The van der Waals surface area contributed by atoms with Crippen LogP contribution in [0.15, 0.2) is 60.3 Å². The minimum atomic E-state index is -4.64. The summed E-state index contributed by atoms with van der Waals surface area (Å²) in [7, 11) is 0. The Morgan fingerprint density at radius 2 is 2.00 bits per heavy atom. The molecule has 7 nitrogen and oxygen atoms in total. The van der Waals surface area contributed by atoms with Gasteiger partial charge in [-0.15, -0.1) is 0 Å². The molecule has 0 aromatic carbocycles. The highest BCUT2D eigenvalue weighted by atomic mass is 19.4. The molecule has 1 saturated heterocycles. The zero-order valence-corrected chi connectivity index (χ0v) is 17.6. The number of nitrogen functional groups attached to an aromatic ring is 1. The van der Waals surface area contributed by atoms with Crippen molar-refractivity contribution < 1.29 is 22.6 Å². The zero-order chi connectivity index (χ0) is 23.5. The Morgan fingerprint density at radius 1 is 1.28 bits per heavy atom. The van der Waals surface area contributed by atoms with E-state index in [0.29, 0.717) is 28.7 Å². The predicted octanol–water partition coefficient (Wildman–Crippen LogP) is 4.93. The van der Waals surface area contributed by atoms with Crippen molar-refractivity contribution in [2.45, 2.75) is 20.0 Å². The van der Waals surface area contributed by atoms with Crippen molar-refractivity contribution in [2.75, 3.05) is 12.5 Å². The summed E-state index contributed by atoms with van der Waals surface area (Å²) in [6.45, 7) is 11.0. The Balaban J connectivity index is 2.01. The van der Waals surface area contributed by atoms with E-state index in [1.54, 1.807) is 31.4 Å². The Hall–Kier alpha value is -3.82. The van der Waals surface area contributed by atoms with Crippen LogP contribution in [0.25, 0.3) is 17.3 Å². The first-order valence-electron chi connectivity index (χ1n) is 9.55. The summed E-state index contributed by atoms with van der Waals surface area (Å²) >= 11 is 0. The van der Waals surface area contributed by atoms with Gasteiger partial charge in [-0.2, -0.15) is 18.3 Å². The number of ether oxygens (including phenoxy) is 2. The molecule has 10 heteroatoms. The normalized spacial score (nSPS) is 17.5. The number of hydrogen-bond acceptors (Lipinski definition) is 6. The van der Waals surface area contributed by atoms with Gasteiger partial charge in [-0.3, -0.25) is 0 Å². The minimum Gasteiger partial charge on any atom is -0.454 e. The molecule has 32 heavy (non-hydrogen) atoms. The zero-order valence-electron chi connectivity index (χ0n) is 17.6. The van der Waals surface area contributed by atoms with Crippen LogP contribution in [-0.2, 0) is 15.7 Å². The van der Waals surface area contributed by atoms with Crippen molar-refractivity contribution in [3.63, 3.8) is 0 Å². The van der Waals surface area contributed by atoms with Gasteiger partial charge in [0.25, 0.3) is 0 Å². The second kappa shape index (κ2) is 9.13. The van der Waals surface area contributed by atoms with E-state index >= 15 is 0 Å². The van der Waals surface area contributed by atoms with Crippen molar-refractivity contribution in [3.05, 3.63) is 72.2 Å². The molecule has 0 spiro atoms. The predicted molar refractivity (Wildman–Crippen MR) is 116 cm³/mol. The highest BCUT2D eigenvalue weighted by molar-refractivity contribution is 5.69. The van der Waals surface area contributed by atoms with E-state index in [9.17, 15) is 13.2 Å². The first kappa shape index (κ1) is 22.9. The Labute approximate surface area is 183 Å². The maximum absolute atomic E-state index is 13.3. The van der Waals surface area contributed by atoms with Crippen LogP contribution in [0.5, 0.6) is 0 Å². The van der Waals surface area contributed by atoms with Crippen molar-refractivity contribution in [2.24, 2.45) is 11.0 Å². The number of nitrogens with two attached hydrogens (primary N) is 1. The minimum absolute atomic E-state index is 0.104. The topological polar surface area (TPSA) is 87.5 Å². The van der Waals surface area contributed by atoms with Gasteiger partial charge in [0.15, 0.2) is 17.3 Å². The first-order chi connectivity index (χ1) is 15.2. The maximum Gasteiger partial charge on any atom is 0.419 e. The number of pyridine rings is 1. The van der Waals surface area contributed by atoms with Crippen LogP contribution in [0.3, 0.4) is 0 Å². The number of halogens is 3. The number of nitrogens with zero attached hydrogens (tertiary/aromatic N) is 4. The molecule has 0 bridgehead atoms. The molecule has 168 valence electrons. The van der Waals surface area contributed by atoms with Gasteiger partial charge in [0.05, 0.1) is 17.0 Å². The third-order valence-electron chi connectivity index (χ3n) is 4.51. The summed E-state index contributed by atoms with van der Waals surface area (Å²) in [5.41, 5.74) is 5.40. The van der Waals surface area contributed by atoms with Gasteiger partial charge >= 0.3 is 6.18 Å². The molecule has 3 rings (SSSR count). The van der Waals surface area contributed by atoms with Gasteiger partial charge in [-0.05, 0) is 31.2 Å². The summed E-state index contributed by atoms with van der Waals surface area (Å²) in [6.07, 6.45) is 4.76. The lowest BCUT2D eigenvalue weighted by molar-refractivity contribution is -0.137. The highest BCUT2D eigenvalue weighted by Gasteiger charge is 2.34. The van der Waals surface area contributed by atoms with E-state index in [2.05, 4.69) is 28.2 Å². The van der Waals surface area contributed by atoms with Gasteiger partial charge in [0.1, 0.15) is 5.82 Å². The second-order valence-corrected chi connectivity index (χ2v) is 6.90. The summed E-state index contributed by atoms with van der Waals surface area (Å²) in [4.78, 5) is 8.06. The molecule has 1 aliphatic heterocycles. The third-order valence-corrected chi connectivity index (χ3v) is 4.51. The molecule has 2 aromatic rings. The molecule has 3 heterocycles. The fraction of sp³-hybridized carbons (Fsp3) is 0.227. The number of anilines is 1. The summed E-state index contributed by atoms with van der Waals surface area (Å²) in [5.74, 6) is 0.668.